The molecule has 0 radical (unpaired) electrons. The van der Waals surface area contributed by atoms with E-state index in [1.165, 1.54) is 0 Å². The number of hydrogen-bond acceptors (Lipinski definition) is 1. The molecule has 0 fully saturated rings. The molecule has 1 aromatic rings. The molecule has 0 aliphatic heterocycles. The zero-order valence-electron chi connectivity index (χ0n) is 6.56. The van der Waals surface area contributed by atoms with Crippen molar-refractivity contribution < 1.29 is 0 Å². The molecule has 0 unspecified atom stereocenters. The largest absolute Gasteiger partial charge is 0.198 e. The summed E-state index contributed by atoms with van der Waals surface area (Å²) in [6.45, 7) is 1.96. The molecule has 0 heterocycles. The van der Waals surface area contributed by atoms with E-state index in [1.807, 2.05) is 19.1 Å². The van der Waals surface area contributed by atoms with Crippen molar-refractivity contribution in [2.45, 2.75) is 13.3 Å². The Morgan fingerprint density at radius 2 is 2.25 bits per heavy atom. The second-order valence-corrected chi connectivity index (χ2v) is 3.68. The third-order valence-electron chi connectivity index (χ3n) is 1.62. The van der Waals surface area contributed by atoms with Crippen LogP contribution >= 0.6 is 27.5 Å². The Hall–Kier alpha value is -0.520. The SMILES string of the molecule is Cc1ccc(CC#N)c(Cl)c1Br. The van der Waals surface area contributed by atoms with Crippen molar-refractivity contribution in [1.29, 1.82) is 5.26 Å². The van der Waals surface area contributed by atoms with Gasteiger partial charge >= 0.3 is 0 Å². The predicted molar refractivity (Wildman–Crippen MR) is 53.2 cm³/mol. The Balaban J connectivity index is 3.19. The van der Waals surface area contributed by atoms with Crippen LogP contribution in [0.25, 0.3) is 0 Å². The van der Waals surface area contributed by atoms with Gasteiger partial charge in [0.1, 0.15) is 0 Å². The molecule has 62 valence electrons. The first-order chi connectivity index (χ1) is 5.66. The van der Waals surface area contributed by atoms with E-state index in [0.29, 0.717) is 11.4 Å². The number of aryl methyl sites for hydroxylation is 1. The van der Waals surface area contributed by atoms with Gasteiger partial charge in [-0.1, -0.05) is 23.7 Å². The smallest absolute Gasteiger partial charge is 0.0670 e. The Morgan fingerprint density at radius 3 is 2.83 bits per heavy atom. The molecule has 3 heteroatoms. The Kier molecular flexibility index (Phi) is 3.13. The highest BCUT2D eigenvalue weighted by Gasteiger charge is 2.05. The third kappa shape index (κ3) is 1.80. The average Bonchev–Trinajstić information content (AvgIpc) is 2.07. The molecular weight excluding hydrogens is 237 g/mol. The van der Waals surface area contributed by atoms with E-state index in [9.17, 15) is 0 Å². The zero-order valence-corrected chi connectivity index (χ0v) is 8.91. The predicted octanol–water partition coefficient (Wildman–Crippen LogP) is 3.48. The van der Waals surface area contributed by atoms with Crippen molar-refractivity contribution in [1.82, 2.24) is 0 Å². The highest BCUT2D eigenvalue weighted by atomic mass is 79.9. The summed E-state index contributed by atoms with van der Waals surface area (Å²) < 4.78 is 0.886. The zero-order chi connectivity index (χ0) is 9.14. The van der Waals surface area contributed by atoms with E-state index in [1.54, 1.807) is 0 Å². The summed E-state index contributed by atoms with van der Waals surface area (Å²) in [5, 5.41) is 9.13. The lowest BCUT2D eigenvalue weighted by Crippen LogP contribution is -1.86. The highest BCUT2D eigenvalue weighted by molar-refractivity contribution is 9.10. The standard InChI is InChI=1S/C9H7BrClN/c1-6-2-3-7(4-5-12)9(11)8(6)10/h2-3H,4H2,1H3. The minimum Gasteiger partial charge on any atom is -0.198 e. The van der Waals surface area contributed by atoms with Crippen molar-refractivity contribution in [2.24, 2.45) is 0 Å². The lowest BCUT2D eigenvalue weighted by atomic mass is 10.1. The number of rotatable bonds is 1. The van der Waals surface area contributed by atoms with Crippen molar-refractivity contribution in [2.75, 3.05) is 0 Å². The normalized spacial score (nSPS) is 9.50. The maximum atomic E-state index is 8.48. The Bertz CT molecular complexity index is 341. The fourth-order valence-electron chi connectivity index (χ4n) is 0.908. The van der Waals surface area contributed by atoms with Gasteiger partial charge in [0.25, 0.3) is 0 Å². The lowest BCUT2D eigenvalue weighted by Gasteiger charge is -2.04. The second-order valence-electron chi connectivity index (χ2n) is 2.50. The summed E-state index contributed by atoms with van der Waals surface area (Å²) in [4.78, 5) is 0. The van der Waals surface area contributed by atoms with Crippen LogP contribution < -0.4 is 0 Å². The van der Waals surface area contributed by atoms with Gasteiger partial charge in [0.2, 0.25) is 0 Å². The first-order valence-electron chi connectivity index (χ1n) is 3.47. The molecule has 0 aromatic heterocycles. The fraction of sp³-hybridized carbons (Fsp3) is 0.222. The van der Waals surface area contributed by atoms with Crippen molar-refractivity contribution in [3.8, 4) is 6.07 Å². The van der Waals surface area contributed by atoms with Crippen LogP contribution in [0.15, 0.2) is 16.6 Å². The van der Waals surface area contributed by atoms with Gasteiger partial charge in [-0.2, -0.15) is 5.26 Å². The molecule has 12 heavy (non-hydrogen) atoms. The number of nitrogens with zero attached hydrogens (tertiary/aromatic N) is 1. The summed E-state index contributed by atoms with van der Waals surface area (Å²) in [7, 11) is 0. The van der Waals surface area contributed by atoms with E-state index in [0.717, 1.165) is 15.6 Å². The van der Waals surface area contributed by atoms with E-state index in [-0.39, 0.29) is 0 Å². The molecule has 0 spiro atoms. The Labute approximate surface area is 85.1 Å². The molecule has 0 aliphatic rings. The molecule has 1 nitrogen and oxygen atoms in total. The molecule has 0 aliphatic carbocycles. The maximum absolute atomic E-state index is 8.48. The fourth-order valence-corrected chi connectivity index (χ4v) is 1.57. The van der Waals surface area contributed by atoms with Crippen molar-refractivity contribution >= 4 is 27.5 Å². The molecular formula is C9H7BrClN. The van der Waals surface area contributed by atoms with Crippen LogP contribution in [0.5, 0.6) is 0 Å². The van der Waals surface area contributed by atoms with E-state index >= 15 is 0 Å². The second kappa shape index (κ2) is 3.93. The van der Waals surface area contributed by atoms with Gasteiger partial charge < -0.3 is 0 Å². The van der Waals surface area contributed by atoms with Crippen LogP contribution in [-0.4, -0.2) is 0 Å². The summed E-state index contributed by atoms with van der Waals surface area (Å²) >= 11 is 9.34. The molecule has 1 aromatic carbocycles. The van der Waals surface area contributed by atoms with Crippen molar-refractivity contribution in [3.63, 3.8) is 0 Å². The summed E-state index contributed by atoms with van der Waals surface area (Å²) in [6.07, 6.45) is 0.359. The van der Waals surface area contributed by atoms with Crippen LogP contribution in [-0.2, 0) is 6.42 Å². The number of hydrogen-bond donors (Lipinski definition) is 0. The lowest BCUT2D eigenvalue weighted by molar-refractivity contribution is 1.24. The van der Waals surface area contributed by atoms with Crippen LogP contribution in [0.1, 0.15) is 11.1 Å². The average molecular weight is 245 g/mol. The van der Waals surface area contributed by atoms with Gasteiger partial charge in [-0.3, -0.25) is 0 Å². The molecule has 0 amide bonds. The van der Waals surface area contributed by atoms with E-state index in [4.69, 9.17) is 16.9 Å². The van der Waals surface area contributed by atoms with E-state index in [2.05, 4.69) is 22.0 Å². The van der Waals surface area contributed by atoms with Crippen LogP contribution in [0.4, 0.5) is 0 Å². The van der Waals surface area contributed by atoms with Gasteiger partial charge in [0.15, 0.2) is 0 Å². The highest BCUT2D eigenvalue weighted by Crippen LogP contribution is 2.29. The summed E-state index contributed by atoms with van der Waals surface area (Å²) in [5.41, 5.74) is 1.96. The van der Waals surface area contributed by atoms with Crippen LogP contribution in [0.3, 0.4) is 0 Å². The number of benzene rings is 1. The van der Waals surface area contributed by atoms with Gasteiger partial charge in [-0.05, 0) is 34.0 Å². The van der Waals surface area contributed by atoms with Gasteiger partial charge in [0.05, 0.1) is 17.5 Å². The Morgan fingerprint density at radius 1 is 1.58 bits per heavy atom. The minimum atomic E-state index is 0.359. The molecule has 1 rings (SSSR count). The molecule has 0 saturated heterocycles. The van der Waals surface area contributed by atoms with Crippen LogP contribution in [0.2, 0.25) is 5.02 Å². The van der Waals surface area contributed by atoms with Gasteiger partial charge in [-0.25, -0.2) is 0 Å². The number of nitriles is 1. The quantitative estimate of drug-likeness (QED) is 0.742. The number of halogens is 2. The van der Waals surface area contributed by atoms with Crippen LogP contribution in [0, 0.1) is 18.3 Å². The third-order valence-corrected chi connectivity index (χ3v) is 3.31. The van der Waals surface area contributed by atoms with Gasteiger partial charge in [0, 0.05) is 4.47 Å². The summed E-state index contributed by atoms with van der Waals surface area (Å²) in [6, 6.07) is 5.89. The van der Waals surface area contributed by atoms with Gasteiger partial charge in [-0.15, -0.1) is 0 Å². The maximum Gasteiger partial charge on any atom is 0.0670 e. The first kappa shape index (κ1) is 9.57. The van der Waals surface area contributed by atoms with Crippen molar-refractivity contribution in [3.05, 3.63) is 32.8 Å². The van der Waals surface area contributed by atoms with E-state index < -0.39 is 0 Å². The molecule has 0 saturated carbocycles. The molecule has 0 bridgehead atoms. The first-order valence-corrected chi connectivity index (χ1v) is 4.64. The summed E-state index contributed by atoms with van der Waals surface area (Å²) in [5.74, 6) is 0. The monoisotopic (exact) mass is 243 g/mol. The topological polar surface area (TPSA) is 23.8 Å². The molecule has 0 N–H and O–H groups in total. The minimum absolute atomic E-state index is 0.359. The molecule has 0 atom stereocenters.